The summed E-state index contributed by atoms with van der Waals surface area (Å²) < 4.78 is 10.2. The molecule has 0 bridgehead atoms. The van der Waals surface area contributed by atoms with Crippen LogP contribution in [-0.4, -0.2) is 35.3 Å². The van der Waals surface area contributed by atoms with Crippen molar-refractivity contribution in [1.82, 2.24) is 20.5 Å². The number of nitrogens with zero attached hydrogens (tertiary/aromatic N) is 2. The molecule has 1 aromatic heterocycles. The van der Waals surface area contributed by atoms with E-state index in [4.69, 9.17) is 9.47 Å². The van der Waals surface area contributed by atoms with Gasteiger partial charge in [0.2, 0.25) is 0 Å². The van der Waals surface area contributed by atoms with Crippen LogP contribution in [0.5, 0.6) is 11.5 Å². The predicted molar refractivity (Wildman–Crippen MR) is 92.5 cm³/mol. The van der Waals surface area contributed by atoms with E-state index in [1.54, 1.807) is 38.5 Å². The summed E-state index contributed by atoms with van der Waals surface area (Å²) in [6, 6.07) is 14.4. The van der Waals surface area contributed by atoms with Gasteiger partial charge in [-0.25, -0.2) is 4.98 Å². The number of aromatic amines is 1. The van der Waals surface area contributed by atoms with Gasteiger partial charge in [0.25, 0.3) is 5.91 Å². The summed E-state index contributed by atoms with van der Waals surface area (Å²) in [5.41, 5.74) is 1.39. The molecule has 1 heterocycles. The minimum Gasteiger partial charge on any atom is -0.497 e. The van der Waals surface area contributed by atoms with E-state index < -0.39 is 0 Å². The van der Waals surface area contributed by atoms with Crippen molar-refractivity contribution in [1.29, 1.82) is 0 Å². The molecule has 0 aliphatic heterocycles. The van der Waals surface area contributed by atoms with Crippen LogP contribution in [0.3, 0.4) is 0 Å². The highest BCUT2D eigenvalue weighted by Crippen LogP contribution is 2.19. The standard InChI is InChI=1S/C18H18N4O3/c1-24-14-8-6-12(7-9-14)17-20-16(21-22-17)11-19-18(23)13-4-3-5-15(10-13)25-2/h3-10H,11H2,1-2H3,(H,19,23)(H,20,21,22). The second-order valence-electron chi connectivity index (χ2n) is 5.25. The van der Waals surface area contributed by atoms with E-state index in [9.17, 15) is 4.79 Å². The average Bonchev–Trinajstić information content (AvgIpc) is 3.15. The Morgan fingerprint density at radius 3 is 2.56 bits per heavy atom. The second kappa shape index (κ2) is 7.48. The summed E-state index contributed by atoms with van der Waals surface area (Å²) in [6.45, 7) is 0.249. The van der Waals surface area contributed by atoms with Crippen molar-refractivity contribution >= 4 is 5.91 Å². The number of nitrogens with one attached hydrogen (secondary N) is 2. The van der Waals surface area contributed by atoms with E-state index >= 15 is 0 Å². The number of rotatable bonds is 6. The number of amides is 1. The zero-order chi connectivity index (χ0) is 17.6. The Hall–Kier alpha value is -3.35. The van der Waals surface area contributed by atoms with Crippen LogP contribution in [0.15, 0.2) is 48.5 Å². The molecule has 0 aliphatic rings. The first-order valence-electron chi connectivity index (χ1n) is 7.67. The lowest BCUT2D eigenvalue weighted by molar-refractivity contribution is 0.0949. The average molecular weight is 338 g/mol. The molecule has 2 N–H and O–H groups in total. The third kappa shape index (κ3) is 3.95. The summed E-state index contributed by atoms with van der Waals surface area (Å²) in [5.74, 6) is 2.33. The molecular weight excluding hydrogens is 320 g/mol. The maximum absolute atomic E-state index is 12.2. The van der Waals surface area contributed by atoms with Crippen molar-refractivity contribution in [3.8, 4) is 22.9 Å². The van der Waals surface area contributed by atoms with Gasteiger partial charge in [-0.2, -0.15) is 5.10 Å². The summed E-state index contributed by atoms with van der Waals surface area (Å²) >= 11 is 0. The smallest absolute Gasteiger partial charge is 0.251 e. The number of benzene rings is 2. The zero-order valence-electron chi connectivity index (χ0n) is 13.9. The molecule has 0 atom stereocenters. The van der Waals surface area contributed by atoms with Crippen molar-refractivity contribution in [2.45, 2.75) is 6.54 Å². The molecule has 1 amide bonds. The molecule has 0 saturated heterocycles. The van der Waals surface area contributed by atoms with Gasteiger partial charge in [-0.1, -0.05) is 6.07 Å². The maximum Gasteiger partial charge on any atom is 0.251 e. The molecule has 128 valence electrons. The number of carbonyl (C=O) groups excluding carboxylic acids is 1. The van der Waals surface area contributed by atoms with Gasteiger partial charge in [0.1, 0.15) is 17.3 Å². The number of H-pyrrole nitrogens is 1. The minimum absolute atomic E-state index is 0.207. The SMILES string of the molecule is COc1ccc(-c2n[nH]c(CNC(=O)c3cccc(OC)c3)n2)cc1. The minimum atomic E-state index is -0.207. The molecule has 7 heteroatoms. The van der Waals surface area contributed by atoms with Crippen LogP contribution in [0.4, 0.5) is 0 Å². The lowest BCUT2D eigenvalue weighted by Crippen LogP contribution is -2.23. The van der Waals surface area contributed by atoms with Crippen LogP contribution in [-0.2, 0) is 6.54 Å². The van der Waals surface area contributed by atoms with Crippen LogP contribution >= 0.6 is 0 Å². The van der Waals surface area contributed by atoms with Gasteiger partial charge in [0.15, 0.2) is 5.82 Å². The largest absolute Gasteiger partial charge is 0.497 e. The van der Waals surface area contributed by atoms with E-state index in [-0.39, 0.29) is 12.5 Å². The van der Waals surface area contributed by atoms with Crippen molar-refractivity contribution in [2.24, 2.45) is 0 Å². The molecule has 2 aromatic carbocycles. The Balaban J connectivity index is 1.63. The van der Waals surface area contributed by atoms with E-state index in [0.29, 0.717) is 23.0 Å². The van der Waals surface area contributed by atoms with Crippen LogP contribution in [0.1, 0.15) is 16.2 Å². The van der Waals surface area contributed by atoms with Gasteiger partial charge in [-0.3, -0.25) is 9.89 Å². The summed E-state index contributed by atoms with van der Waals surface area (Å²) in [6.07, 6.45) is 0. The number of ether oxygens (including phenoxy) is 2. The number of hydrogen-bond donors (Lipinski definition) is 2. The highest BCUT2D eigenvalue weighted by Gasteiger charge is 2.09. The Kier molecular flexibility index (Phi) is 4.94. The normalized spacial score (nSPS) is 10.3. The van der Waals surface area contributed by atoms with Crippen molar-refractivity contribution in [3.63, 3.8) is 0 Å². The first-order chi connectivity index (χ1) is 12.2. The lowest BCUT2D eigenvalue weighted by atomic mass is 10.2. The van der Waals surface area contributed by atoms with Gasteiger partial charge < -0.3 is 14.8 Å². The van der Waals surface area contributed by atoms with Gasteiger partial charge in [0.05, 0.1) is 20.8 Å². The first-order valence-corrected chi connectivity index (χ1v) is 7.67. The van der Waals surface area contributed by atoms with Gasteiger partial charge in [-0.05, 0) is 42.5 Å². The summed E-state index contributed by atoms with van der Waals surface area (Å²) in [7, 11) is 3.18. The zero-order valence-corrected chi connectivity index (χ0v) is 13.9. The fraction of sp³-hybridized carbons (Fsp3) is 0.167. The van der Waals surface area contributed by atoms with Crippen LogP contribution in [0.2, 0.25) is 0 Å². The molecule has 25 heavy (non-hydrogen) atoms. The molecule has 0 fully saturated rings. The molecule has 7 nitrogen and oxygen atoms in total. The van der Waals surface area contributed by atoms with E-state index in [1.807, 2.05) is 24.3 Å². The Labute approximate surface area is 145 Å². The molecule has 0 unspecified atom stereocenters. The lowest BCUT2D eigenvalue weighted by Gasteiger charge is -2.05. The van der Waals surface area contributed by atoms with Gasteiger partial charge in [0, 0.05) is 11.1 Å². The third-order valence-corrected chi connectivity index (χ3v) is 3.63. The number of hydrogen-bond acceptors (Lipinski definition) is 5. The van der Waals surface area contributed by atoms with E-state index in [1.165, 1.54) is 0 Å². The molecular formula is C18H18N4O3. The third-order valence-electron chi connectivity index (χ3n) is 3.63. The second-order valence-corrected chi connectivity index (χ2v) is 5.25. The van der Waals surface area contributed by atoms with E-state index in [0.717, 1.165) is 11.3 Å². The summed E-state index contributed by atoms with van der Waals surface area (Å²) in [5, 5.41) is 9.80. The van der Waals surface area contributed by atoms with Crippen molar-refractivity contribution in [2.75, 3.05) is 14.2 Å². The fourth-order valence-corrected chi connectivity index (χ4v) is 2.27. The summed E-state index contributed by atoms with van der Waals surface area (Å²) in [4.78, 5) is 16.6. The number of aromatic nitrogens is 3. The quantitative estimate of drug-likeness (QED) is 0.720. The highest BCUT2D eigenvalue weighted by molar-refractivity contribution is 5.94. The first kappa shape index (κ1) is 16.5. The van der Waals surface area contributed by atoms with Crippen molar-refractivity contribution < 1.29 is 14.3 Å². The van der Waals surface area contributed by atoms with Crippen LogP contribution in [0.25, 0.3) is 11.4 Å². The highest BCUT2D eigenvalue weighted by atomic mass is 16.5. The van der Waals surface area contributed by atoms with Crippen LogP contribution in [0, 0.1) is 0 Å². The van der Waals surface area contributed by atoms with E-state index in [2.05, 4.69) is 20.5 Å². The number of methoxy groups -OCH3 is 2. The van der Waals surface area contributed by atoms with Crippen molar-refractivity contribution in [3.05, 3.63) is 59.9 Å². The van der Waals surface area contributed by atoms with Crippen LogP contribution < -0.4 is 14.8 Å². The predicted octanol–water partition coefficient (Wildman–Crippen LogP) is 2.42. The number of carbonyl (C=O) groups is 1. The fourth-order valence-electron chi connectivity index (χ4n) is 2.27. The molecule has 0 saturated carbocycles. The Bertz CT molecular complexity index is 859. The molecule has 0 radical (unpaired) electrons. The monoisotopic (exact) mass is 338 g/mol. The topological polar surface area (TPSA) is 89.1 Å². The maximum atomic E-state index is 12.2. The van der Waals surface area contributed by atoms with Gasteiger partial charge in [-0.15, -0.1) is 0 Å². The Morgan fingerprint density at radius 2 is 1.84 bits per heavy atom. The molecule has 3 aromatic rings. The molecule has 0 spiro atoms. The molecule has 3 rings (SSSR count). The van der Waals surface area contributed by atoms with Gasteiger partial charge >= 0.3 is 0 Å². The molecule has 0 aliphatic carbocycles. The Morgan fingerprint density at radius 1 is 1.08 bits per heavy atom.